The maximum Gasteiger partial charge on any atom is 0.256 e. The first kappa shape index (κ1) is 19.9. The van der Waals surface area contributed by atoms with E-state index >= 15 is 0 Å². The highest BCUT2D eigenvalue weighted by molar-refractivity contribution is 6.01. The number of carbonyl (C=O) groups is 2. The summed E-state index contributed by atoms with van der Waals surface area (Å²) in [5.74, 6) is -0.308. The van der Waals surface area contributed by atoms with Crippen molar-refractivity contribution in [1.29, 1.82) is 0 Å². The van der Waals surface area contributed by atoms with Crippen molar-refractivity contribution in [1.82, 2.24) is 4.90 Å². The smallest absolute Gasteiger partial charge is 0.256 e. The van der Waals surface area contributed by atoms with Crippen LogP contribution >= 0.6 is 0 Å². The van der Waals surface area contributed by atoms with Gasteiger partial charge in [0.1, 0.15) is 0 Å². The number of piperidine rings is 1. The predicted octanol–water partition coefficient (Wildman–Crippen LogP) is 2.90. The fraction of sp³-hybridized carbons (Fsp3) is 0.364. The molecule has 2 aromatic carbocycles. The molecule has 1 fully saturated rings. The van der Waals surface area contributed by atoms with Crippen molar-refractivity contribution < 1.29 is 14.7 Å². The van der Waals surface area contributed by atoms with E-state index in [9.17, 15) is 14.7 Å². The maximum atomic E-state index is 12.8. The van der Waals surface area contributed by atoms with Gasteiger partial charge in [-0.3, -0.25) is 9.59 Å². The molecule has 1 aliphatic rings. The first-order valence-corrected chi connectivity index (χ1v) is 9.76. The van der Waals surface area contributed by atoms with Crippen LogP contribution in [0.5, 0.6) is 0 Å². The molecule has 0 saturated carbocycles. The van der Waals surface area contributed by atoms with Gasteiger partial charge in [-0.2, -0.15) is 0 Å². The number of para-hydroxylation sites is 1. The number of nitrogens with zero attached hydrogens (tertiary/aromatic N) is 1. The number of aliphatic hydroxyl groups is 1. The topological polar surface area (TPSA) is 81.7 Å². The van der Waals surface area contributed by atoms with Crippen LogP contribution in [0.3, 0.4) is 0 Å². The molecular formula is C22H27N3O3. The minimum absolute atomic E-state index is 0.0580. The molecule has 6 heteroatoms. The lowest BCUT2D eigenvalue weighted by atomic mass is 10.1. The second-order valence-electron chi connectivity index (χ2n) is 7.05. The lowest BCUT2D eigenvalue weighted by Gasteiger charge is -2.30. The SMILES string of the molecule is CCc1ccc(NC(=O)CNc2ccccc2C(=O)N2CCC[C@H](O)C2)cc1. The van der Waals surface area contributed by atoms with Crippen LogP contribution in [0, 0.1) is 0 Å². The number of carbonyl (C=O) groups excluding carboxylic acids is 2. The molecule has 0 spiro atoms. The molecule has 3 N–H and O–H groups in total. The molecule has 28 heavy (non-hydrogen) atoms. The number of aliphatic hydroxyl groups excluding tert-OH is 1. The minimum Gasteiger partial charge on any atom is -0.391 e. The van der Waals surface area contributed by atoms with Crippen molar-refractivity contribution >= 4 is 23.2 Å². The molecule has 1 aliphatic heterocycles. The average molecular weight is 381 g/mol. The minimum atomic E-state index is -0.470. The van der Waals surface area contributed by atoms with Crippen LogP contribution in [-0.4, -0.2) is 47.6 Å². The number of anilines is 2. The van der Waals surface area contributed by atoms with E-state index in [4.69, 9.17) is 0 Å². The number of benzene rings is 2. The highest BCUT2D eigenvalue weighted by Gasteiger charge is 2.24. The van der Waals surface area contributed by atoms with Crippen LogP contribution in [0.25, 0.3) is 0 Å². The summed E-state index contributed by atoms with van der Waals surface area (Å²) in [7, 11) is 0. The molecular weight excluding hydrogens is 354 g/mol. The molecule has 2 aromatic rings. The number of β-amino-alcohol motifs (C(OH)–C–C–N with tert-alkyl or cyclic N) is 1. The third kappa shape index (κ3) is 5.10. The van der Waals surface area contributed by atoms with Gasteiger partial charge in [0.05, 0.1) is 18.2 Å². The van der Waals surface area contributed by atoms with Crippen LogP contribution in [0.4, 0.5) is 11.4 Å². The predicted molar refractivity (Wildman–Crippen MR) is 111 cm³/mol. The summed E-state index contributed by atoms with van der Waals surface area (Å²) in [6, 6.07) is 14.9. The summed E-state index contributed by atoms with van der Waals surface area (Å²) in [5, 5.41) is 15.7. The number of aryl methyl sites for hydroxylation is 1. The number of amides is 2. The number of hydrogen-bond donors (Lipinski definition) is 3. The Balaban J connectivity index is 1.61. The molecule has 0 aliphatic carbocycles. The lowest BCUT2D eigenvalue weighted by molar-refractivity contribution is -0.114. The van der Waals surface area contributed by atoms with Gasteiger partial charge in [0.25, 0.3) is 5.91 Å². The molecule has 1 saturated heterocycles. The third-order valence-corrected chi connectivity index (χ3v) is 4.93. The van der Waals surface area contributed by atoms with Gasteiger partial charge in [-0.25, -0.2) is 0 Å². The molecule has 0 radical (unpaired) electrons. The zero-order valence-electron chi connectivity index (χ0n) is 16.1. The Morgan fingerprint density at radius 3 is 2.61 bits per heavy atom. The van der Waals surface area contributed by atoms with Gasteiger partial charge < -0.3 is 20.6 Å². The lowest BCUT2D eigenvalue weighted by Crippen LogP contribution is -2.42. The van der Waals surface area contributed by atoms with Gasteiger partial charge in [-0.1, -0.05) is 31.2 Å². The summed E-state index contributed by atoms with van der Waals surface area (Å²) < 4.78 is 0. The van der Waals surface area contributed by atoms with E-state index in [1.54, 1.807) is 23.1 Å². The van der Waals surface area contributed by atoms with E-state index in [1.807, 2.05) is 30.3 Å². The standard InChI is InChI=1S/C22H27N3O3/c1-2-16-9-11-17(12-10-16)24-21(27)14-23-20-8-4-3-7-19(20)22(28)25-13-5-6-18(26)15-25/h3-4,7-12,18,23,26H,2,5-6,13-15H2,1H3,(H,24,27)/t18-/m0/s1. The Morgan fingerprint density at radius 1 is 1.14 bits per heavy atom. The zero-order chi connectivity index (χ0) is 19.9. The van der Waals surface area contributed by atoms with Crippen molar-refractivity contribution in [3.63, 3.8) is 0 Å². The molecule has 6 nitrogen and oxygen atoms in total. The number of likely N-dealkylation sites (tertiary alicyclic amines) is 1. The summed E-state index contributed by atoms with van der Waals surface area (Å²) in [5.41, 5.74) is 3.09. The van der Waals surface area contributed by atoms with Crippen molar-refractivity contribution in [3.05, 3.63) is 59.7 Å². The molecule has 0 aromatic heterocycles. The van der Waals surface area contributed by atoms with E-state index in [1.165, 1.54) is 5.56 Å². The quantitative estimate of drug-likeness (QED) is 0.719. The van der Waals surface area contributed by atoms with Crippen molar-refractivity contribution in [2.45, 2.75) is 32.3 Å². The second kappa shape index (κ2) is 9.37. The fourth-order valence-corrected chi connectivity index (χ4v) is 3.34. The molecule has 3 rings (SSSR count). The molecule has 1 heterocycles. The van der Waals surface area contributed by atoms with Gasteiger partial charge in [0, 0.05) is 24.5 Å². The summed E-state index contributed by atoms with van der Waals surface area (Å²) in [6.45, 7) is 3.13. The number of nitrogens with one attached hydrogen (secondary N) is 2. The van der Waals surface area contributed by atoms with E-state index in [2.05, 4.69) is 17.6 Å². The van der Waals surface area contributed by atoms with Gasteiger partial charge in [0.2, 0.25) is 5.91 Å². The highest BCUT2D eigenvalue weighted by Crippen LogP contribution is 2.20. The Hall–Kier alpha value is -2.86. The number of rotatable bonds is 6. The molecule has 2 amide bonds. The van der Waals surface area contributed by atoms with E-state index in [0.29, 0.717) is 24.3 Å². The molecule has 148 valence electrons. The largest absolute Gasteiger partial charge is 0.391 e. The molecule has 0 bridgehead atoms. The number of hydrogen-bond acceptors (Lipinski definition) is 4. The zero-order valence-corrected chi connectivity index (χ0v) is 16.1. The Bertz CT molecular complexity index is 820. The summed E-state index contributed by atoms with van der Waals surface area (Å²) in [6.07, 6.45) is 2.00. The van der Waals surface area contributed by atoms with E-state index < -0.39 is 6.10 Å². The van der Waals surface area contributed by atoms with Crippen molar-refractivity contribution in [2.75, 3.05) is 30.3 Å². The monoisotopic (exact) mass is 381 g/mol. The normalized spacial score (nSPS) is 16.5. The van der Waals surface area contributed by atoms with Crippen LogP contribution < -0.4 is 10.6 Å². The Kier molecular flexibility index (Phi) is 6.66. The second-order valence-corrected chi connectivity index (χ2v) is 7.05. The summed E-state index contributed by atoms with van der Waals surface area (Å²) in [4.78, 5) is 26.8. The van der Waals surface area contributed by atoms with Crippen LogP contribution in [0.2, 0.25) is 0 Å². The van der Waals surface area contributed by atoms with Gasteiger partial charge in [-0.15, -0.1) is 0 Å². The fourth-order valence-electron chi connectivity index (χ4n) is 3.34. The van der Waals surface area contributed by atoms with Gasteiger partial charge in [0.15, 0.2) is 0 Å². The van der Waals surface area contributed by atoms with Crippen LogP contribution in [0.15, 0.2) is 48.5 Å². The van der Waals surface area contributed by atoms with E-state index in [-0.39, 0.29) is 18.4 Å². The van der Waals surface area contributed by atoms with Crippen molar-refractivity contribution in [3.8, 4) is 0 Å². The summed E-state index contributed by atoms with van der Waals surface area (Å²) >= 11 is 0. The molecule has 1 atom stereocenters. The maximum absolute atomic E-state index is 12.8. The highest BCUT2D eigenvalue weighted by atomic mass is 16.3. The van der Waals surface area contributed by atoms with Crippen molar-refractivity contribution in [2.24, 2.45) is 0 Å². The van der Waals surface area contributed by atoms with Crippen LogP contribution in [0.1, 0.15) is 35.7 Å². The molecule has 0 unspecified atom stereocenters. The van der Waals surface area contributed by atoms with Gasteiger partial charge in [-0.05, 0) is 49.1 Å². The van der Waals surface area contributed by atoms with Crippen LogP contribution in [-0.2, 0) is 11.2 Å². The Morgan fingerprint density at radius 2 is 1.89 bits per heavy atom. The van der Waals surface area contributed by atoms with E-state index in [0.717, 1.165) is 24.9 Å². The average Bonchev–Trinajstić information content (AvgIpc) is 2.72. The third-order valence-electron chi connectivity index (χ3n) is 4.93. The Labute approximate surface area is 165 Å². The van der Waals surface area contributed by atoms with Gasteiger partial charge >= 0.3 is 0 Å². The first-order chi connectivity index (χ1) is 13.6. The first-order valence-electron chi connectivity index (χ1n) is 9.76.